The molecule has 0 spiro atoms. The maximum Gasteiger partial charge on any atom is 0.119 e. The summed E-state index contributed by atoms with van der Waals surface area (Å²) in [6.07, 6.45) is 8.46. The molecule has 1 atom stereocenters. The van der Waals surface area contributed by atoms with Crippen LogP contribution in [-0.2, 0) is 0 Å². The smallest absolute Gasteiger partial charge is 0.119 e. The predicted molar refractivity (Wildman–Crippen MR) is 93.4 cm³/mol. The standard InChI is InChI=1S/C21H32O/c1-16(20(2,3)4)18-5-7-19(8-6-18)22-15-21-12-9-17(10-13-21)11-14-21/h5-8,16-17H,9-15H2,1-4H3/t16-,17?,21?/m1/s1. The van der Waals surface area contributed by atoms with Crippen molar-refractivity contribution in [3.63, 3.8) is 0 Å². The number of fused-ring (bicyclic) bond motifs is 3. The normalized spacial score (nSPS) is 29.4. The van der Waals surface area contributed by atoms with Gasteiger partial charge in [-0.3, -0.25) is 0 Å². The molecular weight excluding hydrogens is 268 g/mol. The molecule has 3 aliphatic carbocycles. The largest absolute Gasteiger partial charge is 0.493 e. The quantitative estimate of drug-likeness (QED) is 0.644. The third-order valence-electron chi connectivity index (χ3n) is 6.47. The highest BCUT2D eigenvalue weighted by atomic mass is 16.5. The van der Waals surface area contributed by atoms with Crippen LogP contribution in [-0.4, -0.2) is 6.61 Å². The van der Waals surface area contributed by atoms with Gasteiger partial charge in [0, 0.05) is 5.41 Å². The Morgan fingerprint density at radius 3 is 2.09 bits per heavy atom. The van der Waals surface area contributed by atoms with Gasteiger partial charge < -0.3 is 4.74 Å². The first-order valence-corrected chi connectivity index (χ1v) is 9.11. The first-order valence-electron chi connectivity index (χ1n) is 9.11. The monoisotopic (exact) mass is 300 g/mol. The minimum absolute atomic E-state index is 0.308. The minimum Gasteiger partial charge on any atom is -0.493 e. The highest BCUT2D eigenvalue weighted by Gasteiger charge is 2.40. The minimum atomic E-state index is 0.308. The summed E-state index contributed by atoms with van der Waals surface area (Å²) in [4.78, 5) is 0. The van der Waals surface area contributed by atoms with Crippen molar-refractivity contribution < 1.29 is 4.74 Å². The van der Waals surface area contributed by atoms with E-state index in [9.17, 15) is 0 Å². The van der Waals surface area contributed by atoms with Crippen molar-refractivity contribution in [2.24, 2.45) is 16.7 Å². The van der Waals surface area contributed by atoms with Crippen LogP contribution in [0.3, 0.4) is 0 Å². The number of benzene rings is 1. The van der Waals surface area contributed by atoms with E-state index in [1.54, 1.807) is 0 Å². The Hall–Kier alpha value is -0.980. The van der Waals surface area contributed by atoms with Crippen molar-refractivity contribution >= 4 is 0 Å². The second-order valence-electron chi connectivity index (χ2n) is 8.93. The predicted octanol–water partition coefficient (Wildman–Crippen LogP) is 6.19. The van der Waals surface area contributed by atoms with E-state index in [1.165, 1.54) is 44.1 Å². The van der Waals surface area contributed by atoms with Crippen molar-refractivity contribution in [3.8, 4) is 5.75 Å². The van der Waals surface area contributed by atoms with E-state index in [4.69, 9.17) is 4.74 Å². The molecule has 3 aliphatic rings. The molecule has 1 aromatic carbocycles. The van der Waals surface area contributed by atoms with Crippen molar-refractivity contribution in [2.45, 2.75) is 72.1 Å². The zero-order chi connectivity index (χ0) is 15.8. The first-order chi connectivity index (χ1) is 10.4. The molecule has 22 heavy (non-hydrogen) atoms. The summed E-state index contributed by atoms with van der Waals surface area (Å²) >= 11 is 0. The molecule has 0 amide bonds. The molecule has 1 nitrogen and oxygen atoms in total. The lowest BCUT2D eigenvalue weighted by Gasteiger charge is -2.46. The van der Waals surface area contributed by atoms with Gasteiger partial charge in [0.15, 0.2) is 0 Å². The van der Waals surface area contributed by atoms with Crippen LogP contribution < -0.4 is 4.74 Å². The molecule has 0 unspecified atom stereocenters. The van der Waals surface area contributed by atoms with Crippen LogP contribution in [0.25, 0.3) is 0 Å². The Balaban J connectivity index is 1.59. The third-order valence-corrected chi connectivity index (χ3v) is 6.47. The molecule has 0 N–H and O–H groups in total. The fourth-order valence-electron chi connectivity index (χ4n) is 4.14. The number of rotatable bonds is 4. The molecule has 1 heteroatoms. The molecule has 0 saturated heterocycles. The third kappa shape index (κ3) is 3.34. The SMILES string of the molecule is C[C@H](c1ccc(OCC23CCC(CC2)CC3)cc1)C(C)(C)C. The highest BCUT2D eigenvalue weighted by Crippen LogP contribution is 2.50. The summed E-state index contributed by atoms with van der Waals surface area (Å²) < 4.78 is 6.18. The lowest BCUT2D eigenvalue weighted by molar-refractivity contribution is 0.0191. The lowest BCUT2D eigenvalue weighted by Crippen LogP contribution is -2.38. The van der Waals surface area contributed by atoms with E-state index in [2.05, 4.69) is 52.0 Å². The molecule has 2 bridgehead atoms. The fraction of sp³-hybridized carbons (Fsp3) is 0.714. The van der Waals surface area contributed by atoms with Gasteiger partial charge in [0.05, 0.1) is 6.61 Å². The van der Waals surface area contributed by atoms with Gasteiger partial charge in [-0.05, 0) is 73.5 Å². The molecule has 3 fully saturated rings. The van der Waals surface area contributed by atoms with Gasteiger partial charge >= 0.3 is 0 Å². The second kappa shape index (κ2) is 5.91. The second-order valence-corrected chi connectivity index (χ2v) is 8.93. The average Bonchev–Trinajstić information content (AvgIpc) is 2.54. The summed E-state index contributed by atoms with van der Waals surface area (Å²) in [6.45, 7) is 10.2. The van der Waals surface area contributed by atoms with Gasteiger partial charge in [0.2, 0.25) is 0 Å². The van der Waals surface area contributed by atoms with Crippen LogP contribution in [0, 0.1) is 16.7 Å². The summed E-state index contributed by atoms with van der Waals surface area (Å²) in [7, 11) is 0. The van der Waals surface area contributed by atoms with Crippen LogP contribution in [0.5, 0.6) is 5.75 Å². The Morgan fingerprint density at radius 1 is 1.05 bits per heavy atom. The van der Waals surface area contributed by atoms with E-state index in [-0.39, 0.29) is 0 Å². The summed E-state index contributed by atoms with van der Waals surface area (Å²) in [5.41, 5.74) is 2.21. The summed E-state index contributed by atoms with van der Waals surface area (Å²) in [5, 5.41) is 0. The Morgan fingerprint density at radius 2 is 1.59 bits per heavy atom. The van der Waals surface area contributed by atoms with Gasteiger partial charge in [-0.1, -0.05) is 39.8 Å². The Labute approximate surface area is 136 Å². The van der Waals surface area contributed by atoms with Crippen LogP contribution in [0.4, 0.5) is 0 Å². The van der Waals surface area contributed by atoms with Gasteiger partial charge in [-0.15, -0.1) is 0 Å². The van der Waals surface area contributed by atoms with Crippen LogP contribution in [0.15, 0.2) is 24.3 Å². The van der Waals surface area contributed by atoms with Crippen LogP contribution in [0.2, 0.25) is 0 Å². The zero-order valence-corrected chi connectivity index (χ0v) is 14.8. The maximum absolute atomic E-state index is 6.18. The van der Waals surface area contributed by atoms with Gasteiger partial charge in [0.1, 0.15) is 5.75 Å². The van der Waals surface area contributed by atoms with Crippen molar-refractivity contribution in [2.75, 3.05) is 6.61 Å². The zero-order valence-electron chi connectivity index (χ0n) is 14.8. The molecular formula is C21H32O. The average molecular weight is 300 g/mol. The van der Waals surface area contributed by atoms with E-state index in [0.717, 1.165) is 18.3 Å². The summed E-state index contributed by atoms with van der Waals surface area (Å²) in [5.74, 6) is 2.64. The molecule has 0 aromatic heterocycles. The molecule has 3 saturated carbocycles. The molecule has 4 rings (SSSR count). The topological polar surface area (TPSA) is 9.23 Å². The van der Waals surface area contributed by atoms with Crippen molar-refractivity contribution in [1.82, 2.24) is 0 Å². The number of ether oxygens (including phenoxy) is 1. The van der Waals surface area contributed by atoms with E-state index < -0.39 is 0 Å². The van der Waals surface area contributed by atoms with Crippen LogP contribution >= 0.6 is 0 Å². The molecule has 0 heterocycles. The van der Waals surface area contributed by atoms with E-state index >= 15 is 0 Å². The number of hydrogen-bond donors (Lipinski definition) is 0. The highest BCUT2D eigenvalue weighted by molar-refractivity contribution is 5.30. The van der Waals surface area contributed by atoms with Crippen molar-refractivity contribution in [3.05, 3.63) is 29.8 Å². The molecule has 0 aliphatic heterocycles. The molecule has 0 radical (unpaired) electrons. The van der Waals surface area contributed by atoms with Gasteiger partial charge in [-0.2, -0.15) is 0 Å². The van der Waals surface area contributed by atoms with Gasteiger partial charge in [0.25, 0.3) is 0 Å². The van der Waals surface area contributed by atoms with Crippen molar-refractivity contribution in [1.29, 1.82) is 0 Å². The first kappa shape index (κ1) is 15.9. The van der Waals surface area contributed by atoms with E-state index in [1.807, 2.05) is 0 Å². The maximum atomic E-state index is 6.18. The lowest BCUT2D eigenvalue weighted by atomic mass is 9.61. The van der Waals surface area contributed by atoms with Gasteiger partial charge in [-0.25, -0.2) is 0 Å². The number of hydrogen-bond acceptors (Lipinski definition) is 1. The Bertz CT molecular complexity index is 472. The molecule has 1 aromatic rings. The Kier molecular flexibility index (Phi) is 4.27. The fourth-order valence-corrected chi connectivity index (χ4v) is 4.14. The molecule has 122 valence electrons. The summed E-state index contributed by atoms with van der Waals surface area (Å²) in [6, 6.07) is 8.84. The van der Waals surface area contributed by atoms with E-state index in [0.29, 0.717) is 16.7 Å². The van der Waals surface area contributed by atoms with Crippen LogP contribution in [0.1, 0.15) is 77.7 Å².